The third kappa shape index (κ3) is 4.02. The summed E-state index contributed by atoms with van der Waals surface area (Å²) in [6, 6.07) is 4.82. The summed E-state index contributed by atoms with van der Waals surface area (Å²) in [5.74, 6) is 0.111. The first-order valence-electron chi connectivity index (χ1n) is 5.98. The molecule has 0 fully saturated rings. The van der Waals surface area contributed by atoms with Crippen LogP contribution in [0.2, 0.25) is 0 Å². The second kappa shape index (κ2) is 5.74. The summed E-state index contributed by atoms with van der Waals surface area (Å²) < 4.78 is 0.773. The Balaban J connectivity index is 2.69. The highest BCUT2D eigenvalue weighted by molar-refractivity contribution is 9.10. The van der Waals surface area contributed by atoms with E-state index in [4.69, 9.17) is 0 Å². The van der Waals surface area contributed by atoms with Gasteiger partial charge in [0.1, 0.15) is 5.75 Å². The van der Waals surface area contributed by atoms with Crippen molar-refractivity contribution in [3.05, 3.63) is 28.2 Å². The summed E-state index contributed by atoms with van der Waals surface area (Å²) in [4.78, 5) is 12.0. The Labute approximate surface area is 117 Å². The summed E-state index contributed by atoms with van der Waals surface area (Å²) in [5.41, 5.74) is 0.442. The zero-order chi connectivity index (χ0) is 13.9. The highest BCUT2D eigenvalue weighted by atomic mass is 79.9. The van der Waals surface area contributed by atoms with Crippen LogP contribution in [0.25, 0.3) is 0 Å². The van der Waals surface area contributed by atoms with Gasteiger partial charge in [-0.05, 0) is 29.5 Å². The molecular weight excluding hydrogens is 294 g/mol. The number of phenolic OH excluding ortho intramolecular Hbond substituents is 1. The summed E-state index contributed by atoms with van der Waals surface area (Å²) >= 11 is 3.29. The number of aromatic hydroxyl groups is 1. The zero-order valence-electron chi connectivity index (χ0n) is 11.2. The Morgan fingerprint density at radius 2 is 2.06 bits per heavy atom. The van der Waals surface area contributed by atoms with E-state index in [-0.39, 0.29) is 17.1 Å². The van der Waals surface area contributed by atoms with Crippen LogP contribution in [0.1, 0.15) is 38.1 Å². The molecule has 18 heavy (non-hydrogen) atoms. The van der Waals surface area contributed by atoms with Gasteiger partial charge in [0.25, 0.3) is 5.91 Å². The number of hydrogen-bond acceptors (Lipinski definition) is 2. The van der Waals surface area contributed by atoms with Crippen LogP contribution in [0.15, 0.2) is 22.7 Å². The minimum atomic E-state index is -0.245. The van der Waals surface area contributed by atoms with Gasteiger partial charge in [0.05, 0.1) is 5.56 Å². The van der Waals surface area contributed by atoms with Crippen molar-refractivity contribution >= 4 is 21.8 Å². The van der Waals surface area contributed by atoms with Crippen molar-refractivity contribution in [3.63, 3.8) is 0 Å². The molecule has 0 bridgehead atoms. The van der Waals surface area contributed by atoms with E-state index in [2.05, 4.69) is 48.9 Å². The molecule has 1 unspecified atom stereocenters. The fourth-order valence-corrected chi connectivity index (χ4v) is 1.70. The third-order valence-electron chi connectivity index (χ3n) is 3.25. The molecule has 100 valence electrons. The van der Waals surface area contributed by atoms with Gasteiger partial charge in [-0.3, -0.25) is 4.79 Å². The van der Waals surface area contributed by atoms with E-state index in [1.54, 1.807) is 12.1 Å². The Kier molecular flexibility index (Phi) is 4.79. The van der Waals surface area contributed by atoms with Crippen molar-refractivity contribution in [2.45, 2.75) is 27.7 Å². The van der Waals surface area contributed by atoms with Crippen LogP contribution in [-0.2, 0) is 0 Å². The van der Waals surface area contributed by atoms with Gasteiger partial charge in [0.15, 0.2) is 0 Å². The molecule has 0 saturated carbocycles. The lowest BCUT2D eigenvalue weighted by Crippen LogP contribution is -2.33. The van der Waals surface area contributed by atoms with Crippen molar-refractivity contribution in [1.29, 1.82) is 0 Å². The van der Waals surface area contributed by atoms with E-state index in [9.17, 15) is 9.90 Å². The van der Waals surface area contributed by atoms with Gasteiger partial charge in [-0.2, -0.15) is 0 Å². The SMILES string of the molecule is CC(CNC(=O)c1cc(Br)ccc1O)C(C)(C)C. The highest BCUT2D eigenvalue weighted by Gasteiger charge is 2.21. The summed E-state index contributed by atoms with van der Waals surface area (Å²) in [6.07, 6.45) is 0. The van der Waals surface area contributed by atoms with E-state index < -0.39 is 0 Å². The molecule has 0 spiro atoms. The molecule has 0 aliphatic carbocycles. The average molecular weight is 314 g/mol. The molecule has 0 aliphatic heterocycles. The van der Waals surface area contributed by atoms with Crippen LogP contribution in [0.5, 0.6) is 5.75 Å². The number of halogens is 1. The monoisotopic (exact) mass is 313 g/mol. The fraction of sp³-hybridized carbons (Fsp3) is 0.500. The number of benzene rings is 1. The van der Waals surface area contributed by atoms with Crippen molar-refractivity contribution in [3.8, 4) is 5.75 Å². The number of carbonyl (C=O) groups is 1. The maximum absolute atomic E-state index is 12.0. The molecule has 1 rings (SSSR count). The number of hydrogen-bond donors (Lipinski definition) is 2. The molecule has 0 heterocycles. The molecule has 3 nitrogen and oxygen atoms in total. The lowest BCUT2D eigenvalue weighted by molar-refractivity contribution is 0.0934. The van der Waals surface area contributed by atoms with Crippen LogP contribution in [0.3, 0.4) is 0 Å². The van der Waals surface area contributed by atoms with E-state index >= 15 is 0 Å². The van der Waals surface area contributed by atoms with Gasteiger partial charge >= 0.3 is 0 Å². The molecule has 4 heteroatoms. The first-order chi connectivity index (χ1) is 8.21. The zero-order valence-corrected chi connectivity index (χ0v) is 12.8. The summed E-state index contributed by atoms with van der Waals surface area (Å²) in [6.45, 7) is 9.11. The number of amides is 1. The van der Waals surface area contributed by atoms with Gasteiger partial charge in [-0.25, -0.2) is 0 Å². The number of phenols is 1. The van der Waals surface area contributed by atoms with E-state index in [0.29, 0.717) is 18.0 Å². The van der Waals surface area contributed by atoms with Crippen LogP contribution >= 0.6 is 15.9 Å². The topological polar surface area (TPSA) is 49.3 Å². The summed E-state index contributed by atoms with van der Waals surface area (Å²) in [7, 11) is 0. The molecular formula is C14H20BrNO2. The van der Waals surface area contributed by atoms with Crippen LogP contribution in [-0.4, -0.2) is 17.6 Å². The number of nitrogens with one attached hydrogen (secondary N) is 1. The van der Waals surface area contributed by atoms with Gasteiger partial charge in [-0.1, -0.05) is 43.6 Å². The van der Waals surface area contributed by atoms with E-state index in [0.717, 1.165) is 4.47 Å². The first kappa shape index (κ1) is 15.0. The maximum Gasteiger partial charge on any atom is 0.255 e. The van der Waals surface area contributed by atoms with Crippen LogP contribution in [0, 0.1) is 11.3 Å². The second-order valence-electron chi connectivity index (χ2n) is 5.64. The second-order valence-corrected chi connectivity index (χ2v) is 6.55. The van der Waals surface area contributed by atoms with Gasteiger partial charge in [-0.15, -0.1) is 0 Å². The average Bonchev–Trinajstić information content (AvgIpc) is 2.27. The molecule has 0 aliphatic rings. The maximum atomic E-state index is 12.0. The third-order valence-corrected chi connectivity index (χ3v) is 3.74. The first-order valence-corrected chi connectivity index (χ1v) is 6.78. The number of rotatable bonds is 3. The summed E-state index contributed by atoms with van der Waals surface area (Å²) in [5, 5.41) is 12.5. The molecule has 0 radical (unpaired) electrons. The normalized spacial score (nSPS) is 13.2. The van der Waals surface area contributed by atoms with Crippen LogP contribution < -0.4 is 5.32 Å². The molecule has 1 aromatic carbocycles. The molecule has 2 N–H and O–H groups in total. The number of carbonyl (C=O) groups excluding carboxylic acids is 1. The van der Waals surface area contributed by atoms with E-state index in [1.807, 2.05) is 0 Å². The van der Waals surface area contributed by atoms with Gasteiger partial charge in [0.2, 0.25) is 0 Å². The Bertz CT molecular complexity index is 438. The predicted molar refractivity (Wildman–Crippen MR) is 76.8 cm³/mol. The molecule has 0 saturated heterocycles. The van der Waals surface area contributed by atoms with Crippen molar-refractivity contribution in [1.82, 2.24) is 5.32 Å². The predicted octanol–water partition coefficient (Wildman–Crippen LogP) is 3.57. The molecule has 1 atom stereocenters. The molecule has 0 aromatic heterocycles. The minimum absolute atomic E-state index is 0.000822. The van der Waals surface area contributed by atoms with Gasteiger partial charge < -0.3 is 10.4 Å². The molecule has 1 aromatic rings. The van der Waals surface area contributed by atoms with Gasteiger partial charge in [0, 0.05) is 11.0 Å². The lowest BCUT2D eigenvalue weighted by Gasteiger charge is -2.27. The van der Waals surface area contributed by atoms with Crippen molar-refractivity contribution in [2.75, 3.05) is 6.54 Å². The lowest BCUT2D eigenvalue weighted by atomic mass is 9.82. The van der Waals surface area contributed by atoms with Crippen molar-refractivity contribution < 1.29 is 9.90 Å². The standard InChI is InChI=1S/C14H20BrNO2/c1-9(14(2,3)4)8-16-13(18)11-7-10(15)5-6-12(11)17/h5-7,9,17H,8H2,1-4H3,(H,16,18). The Hall–Kier alpha value is -1.03. The van der Waals surface area contributed by atoms with Crippen LogP contribution in [0.4, 0.5) is 0 Å². The Morgan fingerprint density at radius 1 is 1.44 bits per heavy atom. The van der Waals surface area contributed by atoms with E-state index in [1.165, 1.54) is 6.07 Å². The minimum Gasteiger partial charge on any atom is -0.507 e. The Morgan fingerprint density at radius 3 is 2.61 bits per heavy atom. The quantitative estimate of drug-likeness (QED) is 0.896. The largest absolute Gasteiger partial charge is 0.507 e. The highest BCUT2D eigenvalue weighted by Crippen LogP contribution is 2.25. The smallest absolute Gasteiger partial charge is 0.255 e. The van der Waals surface area contributed by atoms with Crippen molar-refractivity contribution in [2.24, 2.45) is 11.3 Å². The fourth-order valence-electron chi connectivity index (χ4n) is 1.34. The molecule has 1 amide bonds.